The lowest BCUT2D eigenvalue weighted by Gasteiger charge is -2.09. The van der Waals surface area contributed by atoms with Gasteiger partial charge < -0.3 is 15.4 Å². The van der Waals surface area contributed by atoms with Gasteiger partial charge >= 0.3 is 0 Å². The van der Waals surface area contributed by atoms with Crippen molar-refractivity contribution in [3.8, 4) is 0 Å². The fourth-order valence-electron chi connectivity index (χ4n) is 1.97. The van der Waals surface area contributed by atoms with Gasteiger partial charge in [-0.3, -0.25) is 4.79 Å². The monoisotopic (exact) mass is 318 g/mol. The highest BCUT2D eigenvalue weighted by Gasteiger charge is 2.11. The molecule has 6 nitrogen and oxygen atoms in total. The van der Waals surface area contributed by atoms with Gasteiger partial charge in [0.05, 0.1) is 0 Å². The second kappa shape index (κ2) is 8.19. The Bertz CT molecular complexity index is 679. The lowest BCUT2D eigenvalue weighted by atomic mass is 10.3. The van der Waals surface area contributed by atoms with E-state index in [1.54, 1.807) is 26.2 Å². The number of nitrogens with one attached hydrogen (secondary N) is 2. The van der Waals surface area contributed by atoms with Gasteiger partial charge in [-0.2, -0.15) is 0 Å². The molecule has 122 valence electrons. The molecule has 0 aliphatic heterocycles. The van der Waals surface area contributed by atoms with Crippen molar-refractivity contribution in [2.24, 2.45) is 0 Å². The molecule has 0 bridgehead atoms. The Labute approximate surface area is 134 Å². The van der Waals surface area contributed by atoms with Gasteiger partial charge in [0, 0.05) is 32.0 Å². The van der Waals surface area contributed by atoms with Crippen LogP contribution in [0.3, 0.4) is 0 Å². The van der Waals surface area contributed by atoms with Crippen molar-refractivity contribution < 1.29 is 13.9 Å². The third kappa shape index (κ3) is 5.30. The Morgan fingerprint density at radius 3 is 2.87 bits per heavy atom. The quantitative estimate of drug-likeness (QED) is 0.768. The smallest absolute Gasteiger partial charge is 0.274 e. The summed E-state index contributed by atoms with van der Waals surface area (Å²) in [7, 11) is 1.64. The minimum Gasteiger partial charge on any atom is -0.385 e. The Kier molecular flexibility index (Phi) is 5.99. The Morgan fingerprint density at radius 2 is 2.13 bits per heavy atom. The third-order valence-corrected chi connectivity index (χ3v) is 2.98. The maximum atomic E-state index is 13.2. The topological polar surface area (TPSA) is 76.1 Å². The Hall–Kier alpha value is -2.54. The number of aromatic nitrogens is 2. The van der Waals surface area contributed by atoms with Crippen LogP contribution >= 0.6 is 0 Å². The molecule has 0 atom stereocenters. The average molecular weight is 318 g/mol. The van der Waals surface area contributed by atoms with Gasteiger partial charge in [0.1, 0.15) is 23.2 Å². The second-order valence-electron chi connectivity index (χ2n) is 4.92. The van der Waals surface area contributed by atoms with Crippen molar-refractivity contribution in [2.45, 2.75) is 13.3 Å². The molecule has 0 unspecified atom stereocenters. The van der Waals surface area contributed by atoms with Crippen molar-refractivity contribution in [2.75, 3.05) is 30.9 Å². The number of methoxy groups -OCH3 is 1. The largest absolute Gasteiger partial charge is 0.385 e. The van der Waals surface area contributed by atoms with E-state index >= 15 is 0 Å². The summed E-state index contributed by atoms with van der Waals surface area (Å²) in [5, 5.41) is 5.73. The van der Waals surface area contributed by atoms with Gasteiger partial charge in [0.25, 0.3) is 5.91 Å². The first-order valence-corrected chi connectivity index (χ1v) is 7.24. The SMILES string of the molecule is COCCCNc1cc(C(=O)Nc2cccc(F)c2)nc(C)n1. The number of hydrogen-bond acceptors (Lipinski definition) is 5. The van der Waals surface area contributed by atoms with Crippen molar-refractivity contribution in [1.82, 2.24) is 9.97 Å². The van der Waals surface area contributed by atoms with Crippen LogP contribution in [0.5, 0.6) is 0 Å². The van der Waals surface area contributed by atoms with E-state index in [4.69, 9.17) is 4.74 Å². The van der Waals surface area contributed by atoms with Crippen molar-refractivity contribution in [3.63, 3.8) is 0 Å². The molecule has 0 saturated heterocycles. The first kappa shape index (κ1) is 16.8. The van der Waals surface area contributed by atoms with Crippen LogP contribution in [-0.4, -0.2) is 36.1 Å². The lowest BCUT2D eigenvalue weighted by Crippen LogP contribution is -2.16. The highest BCUT2D eigenvalue weighted by molar-refractivity contribution is 6.03. The minimum absolute atomic E-state index is 0.219. The van der Waals surface area contributed by atoms with Crippen LogP contribution in [0, 0.1) is 12.7 Å². The molecule has 0 spiro atoms. The number of anilines is 2. The summed E-state index contributed by atoms with van der Waals surface area (Å²) in [6, 6.07) is 7.26. The normalized spacial score (nSPS) is 10.4. The van der Waals surface area contributed by atoms with Gasteiger partial charge in [-0.05, 0) is 31.5 Å². The van der Waals surface area contributed by atoms with Crippen LogP contribution in [-0.2, 0) is 4.74 Å². The Balaban J connectivity index is 2.06. The number of hydrogen-bond donors (Lipinski definition) is 2. The summed E-state index contributed by atoms with van der Waals surface area (Å²) < 4.78 is 18.1. The standard InChI is InChI=1S/C16H19FN4O2/c1-11-19-14(10-15(20-11)18-7-4-8-23-2)16(22)21-13-6-3-5-12(17)9-13/h3,5-6,9-10H,4,7-8H2,1-2H3,(H,21,22)(H,18,19,20). The maximum Gasteiger partial charge on any atom is 0.274 e. The number of nitrogens with zero attached hydrogens (tertiary/aromatic N) is 2. The molecule has 1 heterocycles. The second-order valence-corrected chi connectivity index (χ2v) is 4.92. The molecular formula is C16H19FN4O2. The molecule has 2 rings (SSSR count). The number of amides is 1. The molecule has 0 fully saturated rings. The summed E-state index contributed by atoms with van der Waals surface area (Å²) in [6.45, 7) is 3.03. The lowest BCUT2D eigenvalue weighted by molar-refractivity contribution is 0.102. The summed E-state index contributed by atoms with van der Waals surface area (Å²) in [6.07, 6.45) is 0.824. The maximum absolute atomic E-state index is 13.2. The third-order valence-electron chi connectivity index (χ3n) is 2.98. The van der Waals surface area contributed by atoms with Crippen LogP contribution in [0.25, 0.3) is 0 Å². The molecule has 2 N–H and O–H groups in total. The summed E-state index contributed by atoms with van der Waals surface area (Å²) in [5.74, 6) is 0.215. The first-order valence-electron chi connectivity index (χ1n) is 7.24. The van der Waals surface area contributed by atoms with Gasteiger partial charge in [-0.25, -0.2) is 14.4 Å². The highest BCUT2D eigenvalue weighted by Crippen LogP contribution is 2.12. The molecular weight excluding hydrogens is 299 g/mol. The van der Waals surface area contributed by atoms with Crippen molar-refractivity contribution in [3.05, 3.63) is 47.7 Å². The number of benzene rings is 1. The molecule has 7 heteroatoms. The van der Waals surface area contributed by atoms with E-state index in [9.17, 15) is 9.18 Å². The van der Waals surface area contributed by atoms with Crippen molar-refractivity contribution in [1.29, 1.82) is 0 Å². The predicted octanol–water partition coefficient (Wildman–Crippen LogP) is 2.62. The van der Waals surface area contributed by atoms with E-state index in [0.717, 1.165) is 6.42 Å². The number of carbonyl (C=O) groups excluding carboxylic acids is 1. The molecule has 1 aromatic heterocycles. The van der Waals surface area contributed by atoms with Gasteiger partial charge in [-0.15, -0.1) is 0 Å². The van der Waals surface area contributed by atoms with E-state index in [-0.39, 0.29) is 5.69 Å². The van der Waals surface area contributed by atoms with Crippen LogP contribution in [0.2, 0.25) is 0 Å². The van der Waals surface area contributed by atoms with Gasteiger partial charge in [0.2, 0.25) is 0 Å². The van der Waals surface area contributed by atoms with Crippen molar-refractivity contribution >= 4 is 17.4 Å². The van der Waals surface area contributed by atoms with E-state index in [0.29, 0.717) is 30.5 Å². The molecule has 1 amide bonds. The fourth-order valence-corrected chi connectivity index (χ4v) is 1.97. The summed E-state index contributed by atoms with van der Waals surface area (Å²) in [4.78, 5) is 20.6. The van der Waals surface area contributed by atoms with E-state index in [1.165, 1.54) is 18.2 Å². The average Bonchev–Trinajstić information content (AvgIpc) is 2.51. The van der Waals surface area contributed by atoms with Crippen LogP contribution in [0.1, 0.15) is 22.7 Å². The van der Waals surface area contributed by atoms with E-state index < -0.39 is 11.7 Å². The molecule has 0 aliphatic rings. The zero-order valence-electron chi connectivity index (χ0n) is 13.1. The first-order chi connectivity index (χ1) is 11.1. The number of rotatable bonds is 7. The molecule has 0 aliphatic carbocycles. The molecule has 0 radical (unpaired) electrons. The summed E-state index contributed by atoms with van der Waals surface area (Å²) in [5.41, 5.74) is 0.594. The van der Waals surface area contributed by atoms with Crippen LogP contribution in [0.4, 0.5) is 15.9 Å². The summed E-state index contributed by atoms with van der Waals surface area (Å²) >= 11 is 0. The number of ether oxygens (including phenoxy) is 1. The fraction of sp³-hybridized carbons (Fsp3) is 0.312. The van der Waals surface area contributed by atoms with Crippen LogP contribution in [0.15, 0.2) is 30.3 Å². The molecule has 0 saturated carbocycles. The molecule has 1 aromatic carbocycles. The number of aryl methyl sites for hydroxylation is 1. The van der Waals surface area contributed by atoms with E-state index in [2.05, 4.69) is 20.6 Å². The number of carbonyl (C=O) groups is 1. The molecule has 23 heavy (non-hydrogen) atoms. The Morgan fingerprint density at radius 1 is 1.30 bits per heavy atom. The molecule has 2 aromatic rings. The van der Waals surface area contributed by atoms with Gasteiger partial charge in [0.15, 0.2) is 0 Å². The van der Waals surface area contributed by atoms with Crippen LogP contribution < -0.4 is 10.6 Å². The highest BCUT2D eigenvalue weighted by atomic mass is 19.1. The minimum atomic E-state index is -0.416. The zero-order valence-corrected chi connectivity index (χ0v) is 13.1. The number of halogens is 1. The predicted molar refractivity (Wildman–Crippen MR) is 86.1 cm³/mol. The van der Waals surface area contributed by atoms with Gasteiger partial charge in [-0.1, -0.05) is 6.07 Å². The zero-order chi connectivity index (χ0) is 16.7. The van der Waals surface area contributed by atoms with E-state index in [1.807, 2.05) is 0 Å².